The molecule has 0 aliphatic carbocycles. The highest BCUT2D eigenvalue weighted by molar-refractivity contribution is 5.81. The minimum absolute atomic E-state index is 0.0211. The first-order valence-electron chi connectivity index (χ1n) is 7.57. The van der Waals surface area contributed by atoms with Crippen LogP contribution >= 0.6 is 0 Å². The molecule has 0 saturated carbocycles. The zero-order chi connectivity index (χ0) is 14.5. The molecule has 20 heavy (non-hydrogen) atoms. The van der Waals surface area contributed by atoms with Crippen LogP contribution in [-0.2, 0) is 17.6 Å². The molecule has 1 aromatic rings. The van der Waals surface area contributed by atoms with Crippen molar-refractivity contribution in [1.82, 2.24) is 0 Å². The Kier molecular flexibility index (Phi) is 5.18. The van der Waals surface area contributed by atoms with Gasteiger partial charge in [-0.15, -0.1) is 0 Å². The standard InChI is InChI=1S/C17H25NO2/c1-12(2)9-15(11-18)16(19)5-3-13-4-6-17-14(10-13)7-8-20-17/h4,6,10,12,15H,3,5,7-9,11,18H2,1-2H3. The summed E-state index contributed by atoms with van der Waals surface area (Å²) in [6, 6.07) is 6.27. The van der Waals surface area contributed by atoms with Crippen molar-refractivity contribution in [3.63, 3.8) is 0 Å². The molecule has 3 nitrogen and oxygen atoms in total. The minimum atomic E-state index is 0.0211. The fourth-order valence-electron chi connectivity index (χ4n) is 2.80. The van der Waals surface area contributed by atoms with Crippen LogP contribution < -0.4 is 10.5 Å². The maximum Gasteiger partial charge on any atom is 0.137 e. The summed E-state index contributed by atoms with van der Waals surface area (Å²) >= 11 is 0. The highest BCUT2D eigenvalue weighted by Gasteiger charge is 2.18. The van der Waals surface area contributed by atoms with Crippen LogP contribution in [-0.4, -0.2) is 18.9 Å². The number of Topliss-reactive ketones (excluding diaryl/α,β-unsaturated/α-hetero) is 1. The SMILES string of the molecule is CC(C)CC(CN)C(=O)CCc1ccc2c(c1)CCO2. The largest absolute Gasteiger partial charge is 0.493 e. The van der Waals surface area contributed by atoms with Gasteiger partial charge in [0.1, 0.15) is 11.5 Å². The van der Waals surface area contributed by atoms with E-state index in [1.165, 1.54) is 11.1 Å². The Morgan fingerprint density at radius 1 is 1.40 bits per heavy atom. The lowest BCUT2D eigenvalue weighted by molar-refractivity contribution is -0.123. The molecule has 2 N–H and O–H groups in total. The summed E-state index contributed by atoms with van der Waals surface area (Å²) in [6.07, 6.45) is 3.28. The molecule has 0 fully saturated rings. The van der Waals surface area contributed by atoms with Crippen LogP contribution in [0.15, 0.2) is 18.2 Å². The van der Waals surface area contributed by atoms with Crippen molar-refractivity contribution in [3.8, 4) is 5.75 Å². The van der Waals surface area contributed by atoms with Crippen molar-refractivity contribution in [3.05, 3.63) is 29.3 Å². The average Bonchev–Trinajstić information content (AvgIpc) is 2.89. The summed E-state index contributed by atoms with van der Waals surface area (Å²) in [5.41, 5.74) is 8.22. The summed E-state index contributed by atoms with van der Waals surface area (Å²) < 4.78 is 5.49. The van der Waals surface area contributed by atoms with E-state index in [4.69, 9.17) is 10.5 Å². The molecule has 110 valence electrons. The molecule has 1 heterocycles. The third kappa shape index (κ3) is 3.83. The molecule has 3 heteroatoms. The molecule has 1 atom stereocenters. The Morgan fingerprint density at radius 3 is 2.90 bits per heavy atom. The Balaban J connectivity index is 1.89. The lowest BCUT2D eigenvalue weighted by Crippen LogP contribution is -2.25. The number of hydrogen-bond acceptors (Lipinski definition) is 3. The molecule has 0 amide bonds. The fourth-order valence-corrected chi connectivity index (χ4v) is 2.80. The lowest BCUT2D eigenvalue weighted by atomic mass is 9.90. The van der Waals surface area contributed by atoms with Crippen molar-refractivity contribution in [2.24, 2.45) is 17.6 Å². The van der Waals surface area contributed by atoms with Crippen molar-refractivity contribution in [2.75, 3.05) is 13.2 Å². The number of ether oxygens (including phenoxy) is 1. The molecular formula is C17H25NO2. The molecule has 1 aliphatic rings. The van der Waals surface area contributed by atoms with Gasteiger partial charge in [0, 0.05) is 25.3 Å². The third-order valence-corrected chi connectivity index (χ3v) is 3.91. The van der Waals surface area contributed by atoms with E-state index in [0.29, 0.717) is 24.7 Å². The molecule has 0 radical (unpaired) electrons. The second-order valence-electron chi connectivity index (χ2n) is 6.07. The summed E-state index contributed by atoms with van der Waals surface area (Å²) in [5, 5.41) is 0. The number of fused-ring (bicyclic) bond motifs is 1. The molecule has 0 bridgehead atoms. The summed E-state index contributed by atoms with van der Waals surface area (Å²) in [7, 11) is 0. The first-order valence-corrected chi connectivity index (χ1v) is 7.57. The molecule has 1 aliphatic heterocycles. The number of ketones is 1. The predicted octanol–water partition coefficient (Wildman–Crippen LogP) is 2.74. The molecule has 1 unspecified atom stereocenters. The van der Waals surface area contributed by atoms with Gasteiger partial charge in [0.2, 0.25) is 0 Å². The second kappa shape index (κ2) is 6.89. The van der Waals surface area contributed by atoms with Crippen LogP contribution in [0.3, 0.4) is 0 Å². The van der Waals surface area contributed by atoms with Crippen LogP contribution in [0.5, 0.6) is 5.75 Å². The predicted molar refractivity (Wildman–Crippen MR) is 81.0 cm³/mol. The van der Waals surface area contributed by atoms with E-state index in [0.717, 1.165) is 31.6 Å². The quantitative estimate of drug-likeness (QED) is 0.832. The highest BCUT2D eigenvalue weighted by atomic mass is 16.5. The molecule has 0 spiro atoms. The fraction of sp³-hybridized carbons (Fsp3) is 0.588. The number of benzene rings is 1. The first kappa shape index (κ1) is 15.0. The van der Waals surface area contributed by atoms with Crippen LogP contribution in [0.4, 0.5) is 0 Å². The highest BCUT2D eigenvalue weighted by Crippen LogP contribution is 2.26. The van der Waals surface area contributed by atoms with Crippen LogP contribution in [0, 0.1) is 11.8 Å². The average molecular weight is 275 g/mol. The Labute approximate surface area is 121 Å². The van der Waals surface area contributed by atoms with Gasteiger partial charge in [0.15, 0.2) is 0 Å². The first-order chi connectivity index (χ1) is 9.60. The smallest absolute Gasteiger partial charge is 0.137 e. The van der Waals surface area contributed by atoms with E-state index < -0.39 is 0 Å². The van der Waals surface area contributed by atoms with Crippen molar-refractivity contribution in [2.45, 2.75) is 39.5 Å². The van der Waals surface area contributed by atoms with E-state index in [1.807, 2.05) is 6.07 Å². The summed E-state index contributed by atoms with van der Waals surface area (Å²) in [6.45, 7) is 5.52. The van der Waals surface area contributed by atoms with Gasteiger partial charge in [-0.25, -0.2) is 0 Å². The van der Waals surface area contributed by atoms with Crippen molar-refractivity contribution in [1.29, 1.82) is 0 Å². The Hall–Kier alpha value is -1.35. The van der Waals surface area contributed by atoms with Gasteiger partial charge in [0.25, 0.3) is 0 Å². The topological polar surface area (TPSA) is 52.3 Å². The molecule has 2 rings (SSSR count). The monoisotopic (exact) mass is 275 g/mol. The van der Waals surface area contributed by atoms with Gasteiger partial charge < -0.3 is 10.5 Å². The second-order valence-corrected chi connectivity index (χ2v) is 6.07. The van der Waals surface area contributed by atoms with E-state index in [2.05, 4.69) is 26.0 Å². The summed E-state index contributed by atoms with van der Waals surface area (Å²) in [5.74, 6) is 1.84. The van der Waals surface area contributed by atoms with E-state index in [1.54, 1.807) is 0 Å². The molecule has 0 saturated heterocycles. The van der Waals surface area contributed by atoms with Crippen molar-refractivity contribution < 1.29 is 9.53 Å². The van der Waals surface area contributed by atoms with Gasteiger partial charge >= 0.3 is 0 Å². The van der Waals surface area contributed by atoms with E-state index >= 15 is 0 Å². The Morgan fingerprint density at radius 2 is 2.20 bits per heavy atom. The number of rotatable bonds is 7. The minimum Gasteiger partial charge on any atom is -0.493 e. The van der Waals surface area contributed by atoms with Gasteiger partial charge in [-0.3, -0.25) is 4.79 Å². The van der Waals surface area contributed by atoms with Gasteiger partial charge in [-0.05, 0) is 36.0 Å². The Bertz CT molecular complexity index is 468. The van der Waals surface area contributed by atoms with E-state index in [9.17, 15) is 4.79 Å². The zero-order valence-corrected chi connectivity index (χ0v) is 12.5. The molecular weight excluding hydrogens is 250 g/mol. The maximum atomic E-state index is 12.2. The third-order valence-electron chi connectivity index (χ3n) is 3.91. The number of aryl methyl sites for hydroxylation is 1. The van der Waals surface area contributed by atoms with Gasteiger partial charge in [-0.1, -0.05) is 26.0 Å². The van der Waals surface area contributed by atoms with Crippen LogP contribution in [0.25, 0.3) is 0 Å². The zero-order valence-electron chi connectivity index (χ0n) is 12.5. The number of carbonyl (C=O) groups is 1. The lowest BCUT2D eigenvalue weighted by Gasteiger charge is -2.15. The molecule has 1 aromatic carbocycles. The normalized spacial score (nSPS) is 15.0. The van der Waals surface area contributed by atoms with Gasteiger partial charge in [-0.2, -0.15) is 0 Å². The van der Waals surface area contributed by atoms with E-state index in [-0.39, 0.29) is 5.92 Å². The number of carbonyl (C=O) groups excluding carboxylic acids is 1. The summed E-state index contributed by atoms with van der Waals surface area (Å²) in [4.78, 5) is 12.2. The van der Waals surface area contributed by atoms with Crippen LogP contribution in [0.2, 0.25) is 0 Å². The van der Waals surface area contributed by atoms with Gasteiger partial charge in [0.05, 0.1) is 6.61 Å². The number of hydrogen-bond donors (Lipinski definition) is 1. The van der Waals surface area contributed by atoms with Crippen LogP contribution in [0.1, 0.15) is 37.8 Å². The van der Waals surface area contributed by atoms with Crippen molar-refractivity contribution >= 4 is 5.78 Å². The maximum absolute atomic E-state index is 12.2. The number of nitrogens with two attached hydrogens (primary N) is 1. The molecule has 0 aromatic heterocycles.